The van der Waals surface area contributed by atoms with Crippen molar-refractivity contribution in [3.63, 3.8) is 0 Å². The fraction of sp³-hybridized carbons (Fsp3) is 0.800. The summed E-state index contributed by atoms with van der Waals surface area (Å²) >= 11 is 0. The van der Waals surface area contributed by atoms with Gasteiger partial charge in [-0.05, 0) is 26.7 Å². The summed E-state index contributed by atoms with van der Waals surface area (Å²) in [6.07, 6.45) is 0.887. The third-order valence-electron chi connectivity index (χ3n) is 2.74. The molecule has 1 saturated heterocycles. The van der Waals surface area contributed by atoms with Crippen molar-refractivity contribution in [2.45, 2.75) is 44.5 Å². The molecule has 0 spiro atoms. The van der Waals surface area contributed by atoms with Gasteiger partial charge < -0.3 is 14.9 Å². The smallest absolute Gasteiger partial charge is 0.106 e. The van der Waals surface area contributed by atoms with E-state index in [1.54, 1.807) is 0 Å². The fourth-order valence-electron chi connectivity index (χ4n) is 1.65. The summed E-state index contributed by atoms with van der Waals surface area (Å²) < 4.78 is 5.65. The van der Waals surface area contributed by atoms with E-state index < -0.39 is 11.7 Å². The zero-order valence-corrected chi connectivity index (χ0v) is 8.29. The molecule has 0 aliphatic carbocycles. The Balaban J connectivity index is 2.60. The van der Waals surface area contributed by atoms with Crippen molar-refractivity contribution in [3.8, 4) is 0 Å². The molecule has 0 unspecified atom stereocenters. The highest BCUT2D eigenvalue weighted by Crippen LogP contribution is 2.35. The summed E-state index contributed by atoms with van der Waals surface area (Å²) in [6, 6.07) is 0. The van der Waals surface area contributed by atoms with E-state index in [-0.39, 0.29) is 12.7 Å². The molecular formula is C10H18O3. The number of aliphatic hydroxyl groups is 2. The summed E-state index contributed by atoms with van der Waals surface area (Å²) in [5, 5.41) is 18.3. The van der Waals surface area contributed by atoms with Crippen LogP contribution in [-0.2, 0) is 4.74 Å². The van der Waals surface area contributed by atoms with Gasteiger partial charge in [0.1, 0.15) is 6.10 Å². The van der Waals surface area contributed by atoms with Crippen molar-refractivity contribution in [2.24, 2.45) is 0 Å². The van der Waals surface area contributed by atoms with E-state index in [0.717, 1.165) is 18.4 Å². The Kier molecular flexibility index (Phi) is 3.11. The van der Waals surface area contributed by atoms with Crippen LogP contribution in [0.4, 0.5) is 0 Å². The summed E-state index contributed by atoms with van der Waals surface area (Å²) in [5.74, 6) is 0. The summed E-state index contributed by atoms with van der Waals surface area (Å²) in [7, 11) is 0. The van der Waals surface area contributed by atoms with E-state index in [2.05, 4.69) is 6.58 Å². The van der Waals surface area contributed by atoms with E-state index in [4.69, 9.17) is 9.84 Å². The molecule has 76 valence electrons. The van der Waals surface area contributed by atoms with Crippen LogP contribution in [0.25, 0.3) is 0 Å². The highest BCUT2D eigenvalue weighted by Gasteiger charge is 2.41. The second kappa shape index (κ2) is 3.78. The van der Waals surface area contributed by atoms with Gasteiger partial charge in [0.15, 0.2) is 0 Å². The van der Waals surface area contributed by atoms with Gasteiger partial charge in [-0.1, -0.05) is 12.2 Å². The maximum Gasteiger partial charge on any atom is 0.106 e. The van der Waals surface area contributed by atoms with Gasteiger partial charge in [-0.3, -0.25) is 0 Å². The average Bonchev–Trinajstić information content (AvgIpc) is 2.48. The zero-order valence-electron chi connectivity index (χ0n) is 8.29. The molecule has 3 nitrogen and oxygen atoms in total. The van der Waals surface area contributed by atoms with Crippen LogP contribution in [0.15, 0.2) is 12.2 Å². The summed E-state index contributed by atoms with van der Waals surface area (Å²) in [6.45, 7) is 7.32. The number of hydrogen-bond acceptors (Lipinski definition) is 3. The monoisotopic (exact) mass is 186 g/mol. The Morgan fingerprint density at radius 1 is 1.77 bits per heavy atom. The maximum atomic E-state index is 9.51. The van der Waals surface area contributed by atoms with E-state index in [0.29, 0.717) is 0 Å². The van der Waals surface area contributed by atoms with E-state index in [1.165, 1.54) is 0 Å². The van der Waals surface area contributed by atoms with Gasteiger partial charge in [0, 0.05) is 0 Å². The summed E-state index contributed by atoms with van der Waals surface area (Å²) in [5.41, 5.74) is 0.382. The van der Waals surface area contributed by atoms with E-state index in [9.17, 15) is 5.11 Å². The largest absolute Gasteiger partial charge is 0.394 e. The van der Waals surface area contributed by atoms with Crippen molar-refractivity contribution in [3.05, 3.63) is 12.2 Å². The number of hydrogen-bond donors (Lipinski definition) is 2. The van der Waals surface area contributed by atoms with Crippen LogP contribution in [-0.4, -0.2) is 34.6 Å². The molecule has 2 N–H and O–H groups in total. The average molecular weight is 186 g/mol. The normalized spacial score (nSPS) is 36.2. The molecule has 1 rings (SSSR count). The molecule has 3 atom stereocenters. The molecule has 1 aliphatic heterocycles. The Hall–Kier alpha value is -0.380. The highest BCUT2D eigenvalue weighted by atomic mass is 16.5. The van der Waals surface area contributed by atoms with Gasteiger partial charge in [0.25, 0.3) is 0 Å². The van der Waals surface area contributed by atoms with Gasteiger partial charge in [-0.25, -0.2) is 0 Å². The second-order valence-corrected chi connectivity index (χ2v) is 4.00. The molecule has 0 aromatic rings. The predicted octanol–water partition coefficient (Wildman–Crippen LogP) is 0.853. The van der Waals surface area contributed by atoms with Crippen LogP contribution in [0, 0.1) is 0 Å². The Labute approximate surface area is 79.0 Å². The first-order valence-electron chi connectivity index (χ1n) is 4.62. The van der Waals surface area contributed by atoms with Gasteiger partial charge >= 0.3 is 0 Å². The maximum absolute atomic E-state index is 9.51. The van der Waals surface area contributed by atoms with Gasteiger partial charge in [-0.15, -0.1) is 0 Å². The van der Waals surface area contributed by atoms with E-state index >= 15 is 0 Å². The van der Waals surface area contributed by atoms with Crippen molar-refractivity contribution >= 4 is 0 Å². The Morgan fingerprint density at radius 2 is 2.38 bits per heavy atom. The quantitative estimate of drug-likeness (QED) is 0.642. The SMILES string of the molecule is C=C(C)[C@H]1CC[C@@](C)([C@@H](O)CO)O1. The molecular weight excluding hydrogens is 168 g/mol. The van der Waals surface area contributed by atoms with Gasteiger partial charge in [-0.2, -0.15) is 0 Å². The lowest BCUT2D eigenvalue weighted by Gasteiger charge is -2.29. The molecule has 0 bridgehead atoms. The molecule has 13 heavy (non-hydrogen) atoms. The molecule has 0 aromatic carbocycles. The minimum absolute atomic E-state index is 0.0335. The lowest BCUT2D eigenvalue weighted by Crippen LogP contribution is -2.41. The van der Waals surface area contributed by atoms with Crippen molar-refractivity contribution in [1.29, 1.82) is 0 Å². The molecule has 1 aliphatic rings. The zero-order chi connectivity index (χ0) is 10.1. The van der Waals surface area contributed by atoms with Crippen LogP contribution >= 0.6 is 0 Å². The first-order valence-corrected chi connectivity index (χ1v) is 4.62. The lowest BCUT2D eigenvalue weighted by atomic mass is 9.95. The summed E-state index contributed by atoms with van der Waals surface area (Å²) in [4.78, 5) is 0. The molecule has 0 amide bonds. The molecule has 3 heteroatoms. The van der Waals surface area contributed by atoms with Crippen LogP contribution in [0.2, 0.25) is 0 Å². The third kappa shape index (κ3) is 2.10. The Morgan fingerprint density at radius 3 is 2.77 bits per heavy atom. The second-order valence-electron chi connectivity index (χ2n) is 4.00. The topological polar surface area (TPSA) is 49.7 Å². The number of ether oxygens (including phenoxy) is 1. The van der Waals surface area contributed by atoms with Gasteiger partial charge in [0.2, 0.25) is 0 Å². The van der Waals surface area contributed by atoms with Crippen LogP contribution in [0.1, 0.15) is 26.7 Å². The number of rotatable bonds is 3. The van der Waals surface area contributed by atoms with E-state index in [1.807, 2.05) is 13.8 Å². The fourth-order valence-corrected chi connectivity index (χ4v) is 1.65. The standard InChI is InChI=1S/C10H18O3/c1-7(2)8-4-5-10(3,13-8)9(12)6-11/h8-9,11-12H,1,4-6H2,2-3H3/t8-,9+,10+/m1/s1. The van der Waals surface area contributed by atoms with Crippen LogP contribution in [0.3, 0.4) is 0 Å². The molecule has 0 saturated carbocycles. The highest BCUT2D eigenvalue weighted by molar-refractivity contribution is 5.04. The third-order valence-corrected chi connectivity index (χ3v) is 2.74. The van der Waals surface area contributed by atoms with Gasteiger partial charge in [0.05, 0.1) is 18.3 Å². The minimum Gasteiger partial charge on any atom is -0.394 e. The predicted molar refractivity (Wildman–Crippen MR) is 50.4 cm³/mol. The van der Waals surface area contributed by atoms with Crippen LogP contribution < -0.4 is 0 Å². The van der Waals surface area contributed by atoms with Crippen molar-refractivity contribution in [1.82, 2.24) is 0 Å². The molecule has 1 heterocycles. The molecule has 0 radical (unpaired) electrons. The van der Waals surface area contributed by atoms with Crippen LogP contribution in [0.5, 0.6) is 0 Å². The Bertz CT molecular complexity index is 202. The number of aliphatic hydroxyl groups excluding tert-OH is 2. The van der Waals surface area contributed by atoms with Crippen molar-refractivity contribution < 1.29 is 14.9 Å². The molecule has 1 fully saturated rings. The van der Waals surface area contributed by atoms with Crippen molar-refractivity contribution in [2.75, 3.05) is 6.61 Å². The minimum atomic E-state index is -0.795. The lowest BCUT2D eigenvalue weighted by molar-refractivity contribution is -0.111. The first kappa shape index (κ1) is 10.7. The molecule has 0 aromatic heterocycles. The first-order chi connectivity index (χ1) is 5.99.